The molecule has 0 spiro atoms. The van der Waals surface area contributed by atoms with E-state index in [1.165, 1.54) is 0 Å². The number of rotatable bonds is 8. The summed E-state index contributed by atoms with van der Waals surface area (Å²) in [6.07, 6.45) is 0.603. The maximum atomic E-state index is 12.0. The fourth-order valence-electron chi connectivity index (χ4n) is 1.66. The Morgan fingerprint density at radius 1 is 1.32 bits per heavy atom. The van der Waals surface area contributed by atoms with Crippen molar-refractivity contribution in [2.24, 2.45) is 5.73 Å². The Bertz CT molecular complexity index is 471. The van der Waals surface area contributed by atoms with Crippen LogP contribution in [0.25, 0.3) is 0 Å². The summed E-state index contributed by atoms with van der Waals surface area (Å²) in [5.41, 5.74) is 6.48. The molecular formula is C13H22N2O3S. The molecule has 0 radical (unpaired) electrons. The van der Waals surface area contributed by atoms with Gasteiger partial charge in [0.15, 0.2) is 0 Å². The van der Waals surface area contributed by atoms with Crippen molar-refractivity contribution in [1.29, 1.82) is 0 Å². The molecule has 0 aliphatic rings. The molecule has 0 saturated heterocycles. The van der Waals surface area contributed by atoms with Gasteiger partial charge in [0.2, 0.25) is 10.0 Å². The van der Waals surface area contributed by atoms with E-state index in [0.29, 0.717) is 13.2 Å². The highest BCUT2D eigenvalue weighted by atomic mass is 32.2. The first kappa shape index (κ1) is 16.1. The summed E-state index contributed by atoms with van der Waals surface area (Å²) in [7, 11) is -3.47. The van der Waals surface area contributed by atoms with Crippen molar-refractivity contribution in [2.75, 3.05) is 19.7 Å². The molecule has 1 unspecified atom stereocenters. The number of hydrogen-bond acceptors (Lipinski definition) is 4. The second-order valence-electron chi connectivity index (χ2n) is 4.30. The Kier molecular flexibility index (Phi) is 6.44. The predicted octanol–water partition coefficient (Wildman–Crippen LogP) is 0.891. The summed E-state index contributed by atoms with van der Waals surface area (Å²) in [5.74, 6) is 0. The molecule has 1 atom stereocenters. The number of hydrogen-bond donors (Lipinski definition) is 2. The average molecular weight is 286 g/mol. The van der Waals surface area contributed by atoms with Crippen molar-refractivity contribution in [3.05, 3.63) is 29.8 Å². The quantitative estimate of drug-likeness (QED) is 0.743. The van der Waals surface area contributed by atoms with E-state index in [-0.39, 0.29) is 17.5 Å². The second kappa shape index (κ2) is 7.59. The number of ether oxygens (including phenoxy) is 1. The van der Waals surface area contributed by atoms with E-state index in [4.69, 9.17) is 10.5 Å². The van der Waals surface area contributed by atoms with Crippen LogP contribution in [0.1, 0.15) is 19.4 Å². The van der Waals surface area contributed by atoms with E-state index in [0.717, 1.165) is 12.0 Å². The van der Waals surface area contributed by atoms with Crippen LogP contribution in [0.5, 0.6) is 0 Å². The highest BCUT2D eigenvalue weighted by Gasteiger charge is 2.14. The lowest BCUT2D eigenvalue weighted by Crippen LogP contribution is -2.32. The van der Waals surface area contributed by atoms with Crippen molar-refractivity contribution in [3.8, 4) is 0 Å². The minimum absolute atomic E-state index is 0.142. The summed E-state index contributed by atoms with van der Waals surface area (Å²) < 4.78 is 31.9. The van der Waals surface area contributed by atoms with Crippen LogP contribution >= 0.6 is 0 Å². The molecule has 0 bridgehead atoms. The fourth-order valence-corrected chi connectivity index (χ4v) is 2.77. The van der Waals surface area contributed by atoms with Crippen LogP contribution in [0.2, 0.25) is 0 Å². The van der Waals surface area contributed by atoms with E-state index in [2.05, 4.69) is 4.72 Å². The minimum Gasteiger partial charge on any atom is -0.377 e. The molecule has 0 fully saturated rings. The molecule has 19 heavy (non-hydrogen) atoms. The lowest BCUT2D eigenvalue weighted by molar-refractivity contribution is 0.0799. The molecule has 0 aliphatic carbocycles. The highest BCUT2D eigenvalue weighted by molar-refractivity contribution is 7.89. The normalized spacial score (nSPS) is 13.4. The number of benzene rings is 1. The van der Waals surface area contributed by atoms with Crippen LogP contribution in [-0.2, 0) is 21.2 Å². The van der Waals surface area contributed by atoms with Crippen LogP contribution in [0.3, 0.4) is 0 Å². The van der Waals surface area contributed by atoms with E-state index in [9.17, 15) is 8.42 Å². The van der Waals surface area contributed by atoms with Crippen molar-refractivity contribution < 1.29 is 13.2 Å². The lowest BCUT2D eigenvalue weighted by Gasteiger charge is -2.13. The standard InChI is InChI=1S/C13H22N2O3S/c1-3-18-11(2)10-15-19(16,17)13-6-4-12(5-7-13)8-9-14/h4-7,11,15H,3,8-10,14H2,1-2H3. The van der Waals surface area contributed by atoms with Crippen LogP contribution in [-0.4, -0.2) is 34.2 Å². The van der Waals surface area contributed by atoms with Gasteiger partial charge in [-0.05, 0) is 44.5 Å². The number of nitrogens with two attached hydrogens (primary N) is 1. The molecule has 6 heteroatoms. The Morgan fingerprint density at radius 2 is 1.95 bits per heavy atom. The molecule has 0 amide bonds. The Hall–Kier alpha value is -0.950. The van der Waals surface area contributed by atoms with E-state index in [1.807, 2.05) is 13.8 Å². The molecule has 1 aromatic rings. The summed E-state index contributed by atoms with van der Waals surface area (Å²) in [5, 5.41) is 0. The minimum atomic E-state index is -3.47. The van der Waals surface area contributed by atoms with Gasteiger partial charge in [-0.3, -0.25) is 0 Å². The predicted molar refractivity (Wildman–Crippen MR) is 75.5 cm³/mol. The molecule has 5 nitrogen and oxygen atoms in total. The highest BCUT2D eigenvalue weighted by Crippen LogP contribution is 2.10. The van der Waals surface area contributed by atoms with Gasteiger partial charge in [-0.2, -0.15) is 0 Å². The Balaban J connectivity index is 2.66. The van der Waals surface area contributed by atoms with E-state index >= 15 is 0 Å². The zero-order valence-corrected chi connectivity index (χ0v) is 12.2. The first-order valence-electron chi connectivity index (χ1n) is 6.40. The summed E-state index contributed by atoms with van der Waals surface area (Å²) in [4.78, 5) is 0.261. The van der Waals surface area contributed by atoms with Gasteiger partial charge in [-0.15, -0.1) is 0 Å². The molecule has 0 saturated carbocycles. The molecule has 0 aromatic heterocycles. The zero-order chi connectivity index (χ0) is 14.3. The topological polar surface area (TPSA) is 81.4 Å². The van der Waals surface area contributed by atoms with Gasteiger partial charge in [0.05, 0.1) is 11.0 Å². The van der Waals surface area contributed by atoms with Crippen LogP contribution in [0.15, 0.2) is 29.2 Å². The van der Waals surface area contributed by atoms with Crippen molar-refractivity contribution in [3.63, 3.8) is 0 Å². The third-order valence-corrected chi connectivity index (χ3v) is 4.12. The van der Waals surface area contributed by atoms with E-state index < -0.39 is 10.0 Å². The van der Waals surface area contributed by atoms with Gasteiger partial charge in [0.1, 0.15) is 0 Å². The van der Waals surface area contributed by atoms with Gasteiger partial charge in [0, 0.05) is 13.2 Å². The van der Waals surface area contributed by atoms with Gasteiger partial charge in [-0.1, -0.05) is 12.1 Å². The third kappa shape index (κ3) is 5.28. The van der Waals surface area contributed by atoms with Crippen LogP contribution < -0.4 is 10.5 Å². The van der Waals surface area contributed by atoms with Gasteiger partial charge in [-0.25, -0.2) is 13.1 Å². The van der Waals surface area contributed by atoms with Gasteiger partial charge in [0.25, 0.3) is 0 Å². The van der Waals surface area contributed by atoms with Crippen LogP contribution in [0.4, 0.5) is 0 Å². The molecule has 0 heterocycles. The number of nitrogens with one attached hydrogen (secondary N) is 1. The second-order valence-corrected chi connectivity index (χ2v) is 6.07. The maximum Gasteiger partial charge on any atom is 0.240 e. The molecule has 1 rings (SSSR count). The average Bonchev–Trinajstić information content (AvgIpc) is 2.38. The van der Waals surface area contributed by atoms with Crippen molar-refractivity contribution >= 4 is 10.0 Å². The fraction of sp³-hybridized carbons (Fsp3) is 0.538. The van der Waals surface area contributed by atoms with E-state index in [1.54, 1.807) is 24.3 Å². The maximum absolute atomic E-state index is 12.0. The first-order chi connectivity index (χ1) is 8.99. The summed E-state index contributed by atoms with van der Waals surface area (Å²) in [6.45, 7) is 5.09. The smallest absolute Gasteiger partial charge is 0.240 e. The molecule has 108 valence electrons. The zero-order valence-electron chi connectivity index (χ0n) is 11.4. The largest absolute Gasteiger partial charge is 0.377 e. The van der Waals surface area contributed by atoms with Crippen LogP contribution in [0, 0.1) is 0 Å². The van der Waals surface area contributed by atoms with Gasteiger partial charge < -0.3 is 10.5 Å². The Labute approximate surface area is 115 Å². The van der Waals surface area contributed by atoms with Crippen molar-refractivity contribution in [1.82, 2.24) is 4.72 Å². The third-order valence-electron chi connectivity index (χ3n) is 2.68. The molecule has 3 N–H and O–H groups in total. The Morgan fingerprint density at radius 3 is 2.47 bits per heavy atom. The van der Waals surface area contributed by atoms with Gasteiger partial charge >= 0.3 is 0 Å². The molecular weight excluding hydrogens is 264 g/mol. The SMILES string of the molecule is CCOC(C)CNS(=O)(=O)c1ccc(CCN)cc1. The lowest BCUT2D eigenvalue weighted by atomic mass is 10.2. The summed E-state index contributed by atoms with van der Waals surface area (Å²) in [6, 6.07) is 6.76. The summed E-state index contributed by atoms with van der Waals surface area (Å²) >= 11 is 0. The monoisotopic (exact) mass is 286 g/mol. The molecule has 1 aromatic carbocycles. The molecule has 0 aliphatic heterocycles. The first-order valence-corrected chi connectivity index (χ1v) is 7.88. The number of sulfonamides is 1. The van der Waals surface area contributed by atoms with Crippen molar-refractivity contribution in [2.45, 2.75) is 31.3 Å².